The third-order valence-electron chi connectivity index (χ3n) is 2.39. The molecule has 3 heteroatoms. The molecular formula is C13H20FNS. The van der Waals surface area contributed by atoms with E-state index < -0.39 is 0 Å². The Balaban J connectivity index is 2.23. The van der Waals surface area contributed by atoms with Gasteiger partial charge in [0.2, 0.25) is 0 Å². The fourth-order valence-electron chi connectivity index (χ4n) is 1.40. The highest BCUT2D eigenvalue weighted by Crippen LogP contribution is 2.22. The standard InChI is InChI=1S/C13H20FNS/c1-3-9-15-11(2)8-10-16-13-7-5-4-6-12(13)14/h4-7,11,15H,3,8-10H2,1-2H3. The summed E-state index contributed by atoms with van der Waals surface area (Å²) in [6, 6.07) is 7.47. The van der Waals surface area contributed by atoms with E-state index in [0.717, 1.165) is 30.0 Å². The van der Waals surface area contributed by atoms with Crippen molar-refractivity contribution in [2.75, 3.05) is 12.3 Å². The molecule has 0 fully saturated rings. The predicted molar refractivity (Wildman–Crippen MR) is 69.5 cm³/mol. The van der Waals surface area contributed by atoms with Gasteiger partial charge in [-0.25, -0.2) is 4.39 Å². The average molecular weight is 241 g/mol. The van der Waals surface area contributed by atoms with Gasteiger partial charge in [0, 0.05) is 10.9 Å². The van der Waals surface area contributed by atoms with Gasteiger partial charge < -0.3 is 5.32 Å². The van der Waals surface area contributed by atoms with E-state index in [1.165, 1.54) is 6.07 Å². The molecule has 16 heavy (non-hydrogen) atoms. The number of rotatable bonds is 7. The quantitative estimate of drug-likeness (QED) is 0.731. The summed E-state index contributed by atoms with van der Waals surface area (Å²) in [6.07, 6.45) is 2.23. The summed E-state index contributed by atoms with van der Waals surface area (Å²) < 4.78 is 13.3. The van der Waals surface area contributed by atoms with Crippen molar-refractivity contribution in [3.8, 4) is 0 Å². The number of nitrogens with one attached hydrogen (secondary N) is 1. The molecule has 1 aromatic carbocycles. The van der Waals surface area contributed by atoms with E-state index in [2.05, 4.69) is 19.2 Å². The largest absolute Gasteiger partial charge is 0.314 e. The molecule has 1 unspecified atom stereocenters. The van der Waals surface area contributed by atoms with E-state index in [1.807, 2.05) is 12.1 Å². The van der Waals surface area contributed by atoms with Crippen LogP contribution in [0.3, 0.4) is 0 Å². The normalized spacial score (nSPS) is 12.7. The van der Waals surface area contributed by atoms with Gasteiger partial charge in [0.05, 0.1) is 0 Å². The maximum absolute atomic E-state index is 13.3. The highest BCUT2D eigenvalue weighted by Gasteiger charge is 2.03. The SMILES string of the molecule is CCCNC(C)CCSc1ccccc1F. The monoisotopic (exact) mass is 241 g/mol. The third kappa shape index (κ3) is 4.99. The Morgan fingerprint density at radius 1 is 1.38 bits per heavy atom. The zero-order valence-corrected chi connectivity index (χ0v) is 10.8. The first-order valence-electron chi connectivity index (χ1n) is 5.84. The van der Waals surface area contributed by atoms with Crippen LogP contribution in [0.2, 0.25) is 0 Å². The minimum absolute atomic E-state index is 0.110. The maximum atomic E-state index is 13.3. The first-order valence-corrected chi connectivity index (χ1v) is 6.83. The van der Waals surface area contributed by atoms with E-state index in [4.69, 9.17) is 0 Å². The van der Waals surface area contributed by atoms with Crippen LogP contribution in [0, 0.1) is 5.82 Å². The van der Waals surface area contributed by atoms with Crippen molar-refractivity contribution in [3.05, 3.63) is 30.1 Å². The van der Waals surface area contributed by atoms with Crippen LogP contribution >= 0.6 is 11.8 Å². The molecule has 0 saturated heterocycles. The second-order valence-corrected chi connectivity index (χ2v) is 5.06. The van der Waals surface area contributed by atoms with Crippen LogP contribution in [-0.4, -0.2) is 18.3 Å². The lowest BCUT2D eigenvalue weighted by molar-refractivity contribution is 0.535. The smallest absolute Gasteiger partial charge is 0.136 e. The van der Waals surface area contributed by atoms with E-state index in [9.17, 15) is 4.39 Å². The predicted octanol–water partition coefficient (Wildman–Crippen LogP) is 3.70. The molecule has 1 atom stereocenters. The van der Waals surface area contributed by atoms with Gasteiger partial charge >= 0.3 is 0 Å². The molecule has 90 valence electrons. The van der Waals surface area contributed by atoms with Crippen LogP contribution in [0.25, 0.3) is 0 Å². The fourth-order valence-corrected chi connectivity index (χ4v) is 2.47. The van der Waals surface area contributed by atoms with Crippen LogP contribution in [0.5, 0.6) is 0 Å². The van der Waals surface area contributed by atoms with E-state index in [1.54, 1.807) is 17.8 Å². The summed E-state index contributed by atoms with van der Waals surface area (Å²) in [5.74, 6) is 0.848. The molecule has 0 radical (unpaired) electrons. The van der Waals surface area contributed by atoms with Gasteiger partial charge in [-0.3, -0.25) is 0 Å². The molecule has 0 aliphatic carbocycles. The maximum Gasteiger partial charge on any atom is 0.136 e. The van der Waals surface area contributed by atoms with Crippen molar-refractivity contribution in [2.45, 2.75) is 37.6 Å². The summed E-state index contributed by atoms with van der Waals surface area (Å²) in [5.41, 5.74) is 0. The number of benzene rings is 1. The van der Waals surface area contributed by atoms with Crippen LogP contribution in [0.15, 0.2) is 29.2 Å². The Bertz CT molecular complexity index is 304. The zero-order valence-electron chi connectivity index (χ0n) is 10.0. The van der Waals surface area contributed by atoms with Crippen LogP contribution in [-0.2, 0) is 0 Å². The topological polar surface area (TPSA) is 12.0 Å². The minimum atomic E-state index is -0.110. The van der Waals surface area contributed by atoms with Gasteiger partial charge in [-0.1, -0.05) is 19.1 Å². The molecule has 0 aliphatic heterocycles. The molecule has 0 aromatic heterocycles. The van der Waals surface area contributed by atoms with Crippen molar-refractivity contribution in [3.63, 3.8) is 0 Å². The number of hydrogen-bond donors (Lipinski definition) is 1. The van der Waals surface area contributed by atoms with Gasteiger partial charge in [0.25, 0.3) is 0 Å². The van der Waals surface area contributed by atoms with Gasteiger partial charge in [-0.2, -0.15) is 0 Å². The first-order chi connectivity index (χ1) is 7.74. The van der Waals surface area contributed by atoms with E-state index in [0.29, 0.717) is 6.04 Å². The molecule has 0 aliphatic rings. The van der Waals surface area contributed by atoms with Crippen molar-refractivity contribution < 1.29 is 4.39 Å². The molecule has 0 bridgehead atoms. The second kappa shape index (κ2) is 7.69. The molecule has 0 saturated carbocycles. The number of hydrogen-bond acceptors (Lipinski definition) is 2. The number of thioether (sulfide) groups is 1. The molecule has 0 heterocycles. The summed E-state index contributed by atoms with van der Waals surface area (Å²) in [6.45, 7) is 5.40. The van der Waals surface area contributed by atoms with Crippen molar-refractivity contribution in [1.82, 2.24) is 5.32 Å². The van der Waals surface area contributed by atoms with Crippen LogP contribution < -0.4 is 5.32 Å². The Morgan fingerprint density at radius 3 is 2.81 bits per heavy atom. The molecule has 0 amide bonds. The summed E-state index contributed by atoms with van der Waals surface area (Å²) in [4.78, 5) is 0.755. The molecular weight excluding hydrogens is 221 g/mol. The van der Waals surface area contributed by atoms with Gasteiger partial charge in [-0.15, -0.1) is 11.8 Å². The van der Waals surface area contributed by atoms with E-state index >= 15 is 0 Å². The highest BCUT2D eigenvalue weighted by molar-refractivity contribution is 7.99. The van der Waals surface area contributed by atoms with Gasteiger partial charge in [-0.05, 0) is 44.2 Å². The van der Waals surface area contributed by atoms with Crippen molar-refractivity contribution in [2.24, 2.45) is 0 Å². The highest BCUT2D eigenvalue weighted by atomic mass is 32.2. The van der Waals surface area contributed by atoms with Gasteiger partial charge in [0.15, 0.2) is 0 Å². The summed E-state index contributed by atoms with van der Waals surface area (Å²) in [5, 5.41) is 3.43. The van der Waals surface area contributed by atoms with Gasteiger partial charge in [0.1, 0.15) is 5.82 Å². The molecule has 1 N–H and O–H groups in total. The van der Waals surface area contributed by atoms with Crippen LogP contribution in [0.1, 0.15) is 26.7 Å². The Morgan fingerprint density at radius 2 is 2.12 bits per heavy atom. The third-order valence-corrected chi connectivity index (χ3v) is 3.47. The molecule has 1 aromatic rings. The Labute approximate surface area is 102 Å². The molecule has 1 nitrogen and oxygen atoms in total. The van der Waals surface area contributed by atoms with Crippen molar-refractivity contribution in [1.29, 1.82) is 0 Å². The van der Waals surface area contributed by atoms with E-state index in [-0.39, 0.29) is 5.82 Å². The Kier molecular flexibility index (Phi) is 6.50. The summed E-state index contributed by atoms with van der Waals surface area (Å²) >= 11 is 1.59. The second-order valence-electron chi connectivity index (χ2n) is 3.92. The lowest BCUT2D eigenvalue weighted by Crippen LogP contribution is -2.27. The molecule has 1 rings (SSSR count). The van der Waals surface area contributed by atoms with Crippen LogP contribution in [0.4, 0.5) is 4.39 Å². The Hall–Kier alpha value is -0.540. The lowest BCUT2D eigenvalue weighted by Gasteiger charge is -2.12. The minimum Gasteiger partial charge on any atom is -0.314 e. The lowest BCUT2D eigenvalue weighted by atomic mass is 10.2. The van der Waals surface area contributed by atoms with Crippen molar-refractivity contribution >= 4 is 11.8 Å². The summed E-state index contributed by atoms with van der Waals surface area (Å²) in [7, 11) is 0. The zero-order chi connectivity index (χ0) is 11.8. The fraction of sp³-hybridized carbons (Fsp3) is 0.538. The number of halogens is 1. The molecule has 0 spiro atoms. The average Bonchev–Trinajstić information content (AvgIpc) is 2.29. The first kappa shape index (κ1) is 13.5.